The highest BCUT2D eigenvalue weighted by Gasteiger charge is 2.25. The molecule has 1 aliphatic heterocycles. The Morgan fingerprint density at radius 1 is 1.08 bits per heavy atom. The third kappa shape index (κ3) is 2.06. The third-order valence-electron chi connectivity index (χ3n) is 4.49. The number of hydrogen-bond donors (Lipinski definition) is 1. The average Bonchev–Trinajstić information content (AvgIpc) is 2.87. The predicted octanol–water partition coefficient (Wildman–Crippen LogP) is 4.19. The van der Waals surface area contributed by atoms with E-state index in [2.05, 4.69) is 17.1 Å². The first-order valence-corrected chi connectivity index (χ1v) is 7.70. The van der Waals surface area contributed by atoms with Crippen molar-refractivity contribution >= 4 is 22.3 Å². The summed E-state index contributed by atoms with van der Waals surface area (Å²) in [5, 5.41) is 13.1. The van der Waals surface area contributed by atoms with Crippen LogP contribution in [0.1, 0.15) is 24.1 Å². The number of amidine groups is 1. The molecule has 2 N–H and O–H groups in total. The van der Waals surface area contributed by atoms with Crippen LogP contribution in [0.25, 0.3) is 21.9 Å². The van der Waals surface area contributed by atoms with Crippen LogP contribution in [0, 0.1) is 10.1 Å². The van der Waals surface area contributed by atoms with E-state index >= 15 is 0 Å². The van der Waals surface area contributed by atoms with Crippen LogP contribution in [0.4, 0.5) is 5.69 Å². The van der Waals surface area contributed by atoms with Crippen LogP contribution < -0.4 is 5.73 Å². The van der Waals surface area contributed by atoms with Crippen LogP contribution in [0.2, 0.25) is 0 Å². The quantitative estimate of drug-likeness (QED) is 0.568. The van der Waals surface area contributed by atoms with Gasteiger partial charge >= 0.3 is 0 Å². The molecule has 0 saturated carbocycles. The van der Waals surface area contributed by atoms with E-state index in [-0.39, 0.29) is 11.7 Å². The number of non-ortho nitro benzene ring substituents is 1. The molecule has 1 heterocycles. The topological polar surface area (TPSA) is 81.5 Å². The van der Waals surface area contributed by atoms with Gasteiger partial charge in [-0.3, -0.25) is 15.1 Å². The van der Waals surface area contributed by atoms with Crippen LogP contribution in [0.15, 0.2) is 59.6 Å². The average molecular weight is 317 g/mol. The summed E-state index contributed by atoms with van der Waals surface area (Å²) in [6.07, 6.45) is 0. The molecule has 1 aliphatic rings. The molecule has 0 bridgehead atoms. The largest absolute Gasteiger partial charge is 0.383 e. The SMILES string of the molecule is CC1N=C(N)c2c1cc1ccccc1c2-c1ccc([N+](=O)[O-])cc1. The van der Waals surface area contributed by atoms with E-state index in [1.807, 2.05) is 25.1 Å². The van der Waals surface area contributed by atoms with E-state index in [1.54, 1.807) is 12.1 Å². The third-order valence-corrected chi connectivity index (χ3v) is 4.49. The van der Waals surface area contributed by atoms with E-state index in [9.17, 15) is 10.1 Å². The number of benzene rings is 3. The van der Waals surface area contributed by atoms with Crippen molar-refractivity contribution in [1.82, 2.24) is 0 Å². The molecule has 4 rings (SSSR count). The van der Waals surface area contributed by atoms with Crippen molar-refractivity contribution in [2.45, 2.75) is 13.0 Å². The summed E-state index contributed by atoms with van der Waals surface area (Å²) in [5.74, 6) is 0.525. The van der Waals surface area contributed by atoms with Gasteiger partial charge in [0.15, 0.2) is 0 Å². The molecule has 1 atom stereocenters. The fraction of sp³-hybridized carbons (Fsp3) is 0.105. The first kappa shape index (κ1) is 14.4. The number of nitro groups is 1. The van der Waals surface area contributed by atoms with Gasteiger partial charge in [-0.2, -0.15) is 0 Å². The zero-order valence-electron chi connectivity index (χ0n) is 13.1. The fourth-order valence-corrected chi connectivity index (χ4v) is 3.37. The summed E-state index contributed by atoms with van der Waals surface area (Å²) in [6.45, 7) is 2.02. The van der Waals surface area contributed by atoms with E-state index in [0.717, 1.165) is 33.0 Å². The summed E-state index contributed by atoms with van der Waals surface area (Å²) in [5.41, 5.74) is 10.2. The zero-order valence-corrected chi connectivity index (χ0v) is 13.1. The van der Waals surface area contributed by atoms with Gasteiger partial charge in [-0.25, -0.2) is 0 Å². The Labute approximate surface area is 138 Å². The first-order valence-electron chi connectivity index (χ1n) is 7.70. The summed E-state index contributed by atoms with van der Waals surface area (Å²) in [4.78, 5) is 15.0. The second kappa shape index (κ2) is 5.16. The minimum absolute atomic E-state index is 0.0152. The maximum absolute atomic E-state index is 10.9. The highest BCUT2D eigenvalue weighted by molar-refractivity contribution is 6.14. The molecule has 1 unspecified atom stereocenters. The molecule has 0 fully saturated rings. The summed E-state index contributed by atoms with van der Waals surface area (Å²) >= 11 is 0. The molecule has 0 aliphatic carbocycles. The van der Waals surface area contributed by atoms with Crippen molar-refractivity contribution in [3.05, 3.63) is 75.8 Å². The Morgan fingerprint density at radius 3 is 2.50 bits per heavy atom. The smallest absolute Gasteiger partial charge is 0.269 e. The van der Waals surface area contributed by atoms with E-state index in [1.165, 1.54) is 12.1 Å². The maximum Gasteiger partial charge on any atom is 0.269 e. The Balaban J connectivity index is 2.05. The van der Waals surface area contributed by atoms with Gasteiger partial charge in [0, 0.05) is 23.3 Å². The van der Waals surface area contributed by atoms with Crippen molar-refractivity contribution in [2.24, 2.45) is 10.7 Å². The molecule has 24 heavy (non-hydrogen) atoms. The lowest BCUT2D eigenvalue weighted by Crippen LogP contribution is -2.12. The van der Waals surface area contributed by atoms with Crippen molar-refractivity contribution in [2.75, 3.05) is 0 Å². The monoisotopic (exact) mass is 317 g/mol. The fourth-order valence-electron chi connectivity index (χ4n) is 3.37. The molecule has 3 aromatic rings. The van der Waals surface area contributed by atoms with Crippen molar-refractivity contribution in [1.29, 1.82) is 0 Å². The number of nitro benzene ring substituents is 1. The van der Waals surface area contributed by atoms with E-state index < -0.39 is 4.92 Å². The minimum Gasteiger partial charge on any atom is -0.383 e. The minimum atomic E-state index is -0.394. The van der Waals surface area contributed by atoms with Crippen molar-refractivity contribution < 1.29 is 4.92 Å². The molecule has 5 nitrogen and oxygen atoms in total. The maximum atomic E-state index is 10.9. The zero-order chi connectivity index (χ0) is 16.8. The number of rotatable bonds is 2. The molecule has 5 heteroatoms. The van der Waals surface area contributed by atoms with Gasteiger partial charge in [0.25, 0.3) is 5.69 Å². The second-order valence-corrected chi connectivity index (χ2v) is 5.93. The Kier molecular flexibility index (Phi) is 3.09. The predicted molar refractivity (Wildman–Crippen MR) is 95.2 cm³/mol. The van der Waals surface area contributed by atoms with Crippen LogP contribution in [-0.4, -0.2) is 10.8 Å². The highest BCUT2D eigenvalue weighted by atomic mass is 16.6. The number of hydrogen-bond acceptors (Lipinski definition) is 4. The first-order chi connectivity index (χ1) is 11.6. The van der Waals surface area contributed by atoms with Gasteiger partial charge in [0.05, 0.1) is 11.0 Å². The molecule has 0 spiro atoms. The van der Waals surface area contributed by atoms with Gasteiger partial charge < -0.3 is 5.73 Å². The molecule has 118 valence electrons. The number of aliphatic imine (C=N–C) groups is 1. The van der Waals surface area contributed by atoms with Gasteiger partial charge in [-0.15, -0.1) is 0 Å². The summed E-state index contributed by atoms with van der Waals surface area (Å²) < 4.78 is 0. The lowest BCUT2D eigenvalue weighted by atomic mass is 9.88. The lowest BCUT2D eigenvalue weighted by Gasteiger charge is -2.14. The molecule has 0 radical (unpaired) electrons. The van der Waals surface area contributed by atoms with Gasteiger partial charge in [0.1, 0.15) is 5.84 Å². The van der Waals surface area contributed by atoms with Crippen LogP contribution in [0.3, 0.4) is 0 Å². The van der Waals surface area contributed by atoms with Crippen molar-refractivity contribution in [3.63, 3.8) is 0 Å². The second-order valence-electron chi connectivity index (χ2n) is 5.93. The van der Waals surface area contributed by atoms with Gasteiger partial charge in [0.2, 0.25) is 0 Å². The summed E-state index contributed by atoms with van der Waals surface area (Å²) in [7, 11) is 0. The van der Waals surface area contributed by atoms with Gasteiger partial charge in [-0.05, 0) is 47.0 Å². The molecule has 0 amide bonds. The van der Waals surface area contributed by atoms with E-state index in [0.29, 0.717) is 5.84 Å². The molecule has 3 aromatic carbocycles. The number of nitrogens with two attached hydrogens (primary N) is 1. The van der Waals surface area contributed by atoms with Crippen molar-refractivity contribution in [3.8, 4) is 11.1 Å². The Morgan fingerprint density at radius 2 is 1.79 bits per heavy atom. The lowest BCUT2D eigenvalue weighted by molar-refractivity contribution is -0.384. The molecular formula is C19H15N3O2. The number of fused-ring (bicyclic) bond motifs is 2. The Hall–Kier alpha value is -3.21. The van der Waals surface area contributed by atoms with Crippen LogP contribution in [0.5, 0.6) is 0 Å². The normalized spacial score (nSPS) is 16.0. The van der Waals surface area contributed by atoms with Gasteiger partial charge in [-0.1, -0.05) is 24.3 Å². The highest BCUT2D eigenvalue weighted by Crippen LogP contribution is 2.40. The Bertz CT molecular complexity index is 1010. The molecule has 0 saturated heterocycles. The summed E-state index contributed by atoms with van der Waals surface area (Å²) in [6, 6.07) is 16.8. The standard InChI is InChI=1S/C19H15N3O2/c1-11-16-10-13-4-2-3-5-15(13)17(18(16)19(20)21-11)12-6-8-14(9-7-12)22(23)24/h2-11H,1H3,(H2,20,21). The molecular weight excluding hydrogens is 302 g/mol. The van der Waals surface area contributed by atoms with Crippen LogP contribution >= 0.6 is 0 Å². The van der Waals surface area contributed by atoms with Crippen LogP contribution in [-0.2, 0) is 0 Å². The molecule has 0 aromatic heterocycles. The van der Waals surface area contributed by atoms with E-state index in [4.69, 9.17) is 5.73 Å². The number of nitrogens with zero attached hydrogens (tertiary/aromatic N) is 2.